The fourth-order valence-electron chi connectivity index (χ4n) is 3.13. The first-order valence-corrected chi connectivity index (χ1v) is 11.3. The molecule has 1 amide bonds. The van der Waals surface area contributed by atoms with Crippen LogP contribution in [0.2, 0.25) is 0 Å². The first-order chi connectivity index (χ1) is 12.9. The van der Waals surface area contributed by atoms with Crippen molar-refractivity contribution in [1.29, 1.82) is 0 Å². The normalized spacial score (nSPS) is 16.4. The van der Waals surface area contributed by atoms with E-state index in [0.29, 0.717) is 38.3 Å². The molecular weight excluding hydrogens is 432 g/mol. The largest absolute Gasteiger partial charge is 0.311 e. The van der Waals surface area contributed by atoms with E-state index in [1.54, 1.807) is 23.9 Å². The Labute approximate surface area is 167 Å². The van der Waals surface area contributed by atoms with E-state index in [2.05, 4.69) is 26.3 Å². The van der Waals surface area contributed by atoms with Crippen LogP contribution in [0.3, 0.4) is 0 Å². The number of anilines is 1. The third-order valence-corrected chi connectivity index (χ3v) is 7.21. The second-order valence-corrected chi connectivity index (χ2v) is 9.74. The van der Waals surface area contributed by atoms with Gasteiger partial charge in [0.25, 0.3) is 0 Å². The van der Waals surface area contributed by atoms with Crippen LogP contribution in [0, 0.1) is 5.92 Å². The van der Waals surface area contributed by atoms with Crippen molar-refractivity contribution >= 4 is 37.7 Å². The molecule has 3 rings (SSSR count). The first kappa shape index (κ1) is 20.0. The zero-order valence-corrected chi connectivity index (χ0v) is 17.5. The van der Waals surface area contributed by atoms with Crippen LogP contribution < -0.4 is 5.32 Å². The number of benzene rings is 1. The van der Waals surface area contributed by atoms with Crippen LogP contribution in [0.4, 0.5) is 5.82 Å². The molecule has 1 saturated heterocycles. The molecule has 1 aromatic carbocycles. The molecule has 27 heavy (non-hydrogen) atoms. The fourth-order valence-corrected chi connectivity index (χ4v) is 4.53. The summed E-state index contributed by atoms with van der Waals surface area (Å²) in [5.41, 5.74) is 1.08. The third kappa shape index (κ3) is 4.97. The van der Waals surface area contributed by atoms with Crippen LogP contribution in [-0.4, -0.2) is 47.3 Å². The number of nitrogens with one attached hydrogen (secondary N) is 1. The molecule has 9 heteroatoms. The molecule has 0 saturated carbocycles. The zero-order chi connectivity index (χ0) is 19.4. The van der Waals surface area contributed by atoms with E-state index in [0.717, 1.165) is 10.0 Å². The lowest BCUT2D eigenvalue weighted by Gasteiger charge is -2.30. The number of nitrogens with zero attached hydrogens (tertiary/aromatic N) is 3. The summed E-state index contributed by atoms with van der Waals surface area (Å²) < 4.78 is 28.1. The van der Waals surface area contributed by atoms with Crippen molar-refractivity contribution in [1.82, 2.24) is 14.1 Å². The SMILES string of the molecule is CCS(=O)(=O)N1CCC(C(=O)Nc2ccnn2Cc2ccc(Br)cc2)CC1. The summed E-state index contributed by atoms with van der Waals surface area (Å²) in [4.78, 5) is 12.6. The van der Waals surface area contributed by atoms with Gasteiger partial charge in [-0.25, -0.2) is 17.4 Å². The molecule has 0 bridgehead atoms. The van der Waals surface area contributed by atoms with Gasteiger partial charge in [0.1, 0.15) is 5.82 Å². The van der Waals surface area contributed by atoms with Crippen LogP contribution >= 0.6 is 15.9 Å². The van der Waals surface area contributed by atoms with Crippen molar-refractivity contribution in [2.45, 2.75) is 26.3 Å². The Morgan fingerprint density at radius 3 is 2.52 bits per heavy atom. The Morgan fingerprint density at radius 2 is 1.89 bits per heavy atom. The number of hydrogen-bond donors (Lipinski definition) is 1. The topological polar surface area (TPSA) is 84.3 Å². The Morgan fingerprint density at radius 1 is 1.22 bits per heavy atom. The Bertz CT molecular complexity index is 888. The van der Waals surface area contributed by atoms with Crippen LogP contribution in [0.25, 0.3) is 0 Å². The van der Waals surface area contributed by atoms with E-state index in [1.165, 1.54) is 4.31 Å². The number of halogens is 1. The zero-order valence-electron chi connectivity index (χ0n) is 15.1. The predicted molar refractivity (Wildman–Crippen MR) is 108 cm³/mol. The number of carbonyl (C=O) groups is 1. The molecule has 1 aliphatic rings. The lowest BCUT2D eigenvalue weighted by atomic mass is 9.97. The summed E-state index contributed by atoms with van der Waals surface area (Å²) in [5, 5.41) is 7.23. The standard InChI is InChI=1S/C18H23BrN4O3S/c1-2-27(25,26)22-11-8-15(9-12-22)18(24)21-17-7-10-20-23(17)13-14-3-5-16(19)6-4-14/h3-7,10,15H,2,8-9,11-13H2,1H3,(H,21,24). The summed E-state index contributed by atoms with van der Waals surface area (Å²) in [7, 11) is -3.18. The van der Waals surface area contributed by atoms with Gasteiger partial charge in [-0.3, -0.25) is 4.79 Å². The molecule has 1 aromatic heterocycles. The first-order valence-electron chi connectivity index (χ1n) is 8.94. The minimum Gasteiger partial charge on any atom is -0.311 e. The summed E-state index contributed by atoms with van der Waals surface area (Å²) in [6, 6.07) is 9.71. The molecule has 1 N–H and O–H groups in total. The van der Waals surface area contributed by atoms with Gasteiger partial charge >= 0.3 is 0 Å². The predicted octanol–water partition coefficient (Wildman–Crippen LogP) is 2.69. The summed E-state index contributed by atoms with van der Waals surface area (Å²) in [5.74, 6) is 0.469. The van der Waals surface area contributed by atoms with Gasteiger partial charge in [-0.1, -0.05) is 28.1 Å². The quantitative estimate of drug-likeness (QED) is 0.726. The average molecular weight is 455 g/mol. The molecule has 0 radical (unpaired) electrons. The monoisotopic (exact) mass is 454 g/mol. The minimum atomic E-state index is -3.18. The lowest BCUT2D eigenvalue weighted by Crippen LogP contribution is -2.42. The Kier molecular flexibility index (Phi) is 6.33. The summed E-state index contributed by atoms with van der Waals surface area (Å²) in [6.45, 7) is 2.99. The molecule has 0 atom stereocenters. The highest BCUT2D eigenvalue weighted by Gasteiger charge is 2.30. The molecular formula is C18H23BrN4O3S. The number of aromatic nitrogens is 2. The molecule has 0 spiro atoms. The van der Waals surface area contributed by atoms with Crippen molar-refractivity contribution in [3.63, 3.8) is 0 Å². The maximum atomic E-state index is 12.6. The van der Waals surface area contributed by atoms with E-state index in [4.69, 9.17) is 0 Å². The second kappa shape index (κ2) is 8.53. The summed E-state index contributed by atoms with van der Waals surface area (Å²) >= 11 is 3.42. The summed E-state index contributed by atoms with van der Waals surface area (Å²) in [6.07, 6.45) is 2.72. The minimum absolute atomic E-state index is 0.0823. The molecule has 0 aliphatic carbocycles. The van der Waals surface area contributed by atoms with Crippen molar-refractivity contribution in [2.75, 3.05) is 24.2 Å². The van der Waals surface area contributed by atoms with Gasteiger partial charge in [0.2, 0.25) is 15.9 Å². The van der Waals surface area contributed by atoms with Gasteiger partial charge in [-0.2, -0.15) is 5.10 Å². The number of rotatable bonds is 6. The van der Waals surface area contributed by atoms with E-state index in [1.807, 2.05) is 24.3 Å². The fraction of sp³-hybridized carbons (Fsp3) is 0.444. The molecule has 7 nitrogen and oxygen atoms in total. The van der Waals surface area contributed by atoms with Crippen molar-refractivity contribution in [2.24, 2.45) is 5.92 Å². The molecule has 1 aliphatic heterocycles. The van der Waals surface area contributed by atoms with Gasteiger partial charge in [-0.15, -0.1) is 0 Å². The number of amides is 1. The van der Waals surface area contributed by atoms with E-state index in [9.17, 15) is 13.2 Å². The number of sulfonamides is 1. The Hall–Kier alpha value is -1.71. The number of hydrogen-bond acceptors (Lipinski definition) is 4. The maximum absolute atomic E-state index is 12.6. The lowest BCUT2D eigenvalue weighted by molar-refractivity contribution is -0.121. The Balaban J connectivity index is 1.59. The van der Waals surface area contributed by atoms with Gasteiger partial charge in [0.15, 0.2) is 0 Å². The highest BCUT2D eigenvalue weighted by atomic mass is 79.9. The molecule has 0 unspecified atom stereocenters. The number of piperidine rings is 1. The van der Waals surface area contributed by atoms with Crippen molar-refractivity contribution in [3.8, 4) is 0 Å². The molecule has 146 valence electrons. The van der Waals surface area contributed by atoms with Crippen LogP contribution in [0.5, 0.6) is 0 Å². The smallest absolute Gasteiger partial charge is 0.228 e. The van der Waals surface area contributed by atoms with Gasteiger partial charge < -0.3 is 5.32 Å². The van der Waals surface area contributed by atoms with Crippen molar-refractivity contribution < 1.29 is 13.2 Å². The van der Waals surface area contributed by atoms with Crippen LogP contribution in [-0.2, 0) is 21.4 Å². The van der Waals surface area contributed by atoms with Crippen molar-refractivity contribution in [3.05, 3.63) is 46.6 Å². The highest BCUT2D eigenvalue weighted by molar-refractivity contribution is 9.10. The van der Waals surface area contributed by atoms with Crippen LogP contribution in [0.1, 0.15) is 25.3 Å². The van der Waals surface area contributed by atoms with E-state index < -0.39 is 10.0 Å². The van der Waals surface area contributed by atoms with Crippen LogP contribution in [0.15, 0.2) is 41.0 Å². The molecule has 1 fully saturated rings. The van der Waals surface area contributed by atoms with Gasteiger partial charge in [0, 0.05) is 29.5 Å². The van der Waals surface area contributed by atoms with E-state index in [-0.39, 0.29) is 17.6 Å². The molecule has 2 aromatic rings. The molecule has 2 heterocycles. The average Bonchev–Trinajstić information content (AvgIpc) is 3.10. The van der Waals surface area contributed by atoms with Gasteiger partial charge in [0.05, 0.1) is 18.5 Å². The second-order valence-electron chi connectivity index (χ2n) is 6.56. The number of carbonyl (C=O) groups excluding carboxylic acids is 1. The third-order valence-electron chi connectivity index (χ3n) is 4.80. The maximum Gasteiger partial charge on any atom is 0.228 e. The van der Waals surface area contributed by atoms with Gasteiger partial charge in [-0.05, 0) is 37.5 Å². The highest BCUT2D eigenvalue weighted by Crippen LogP contribution is 2.22. The van der Waals surface area contributed by atoms with E-state index >= 15 is 0 Å².